The summed E-state index contributed by atoms with van der Waals surface area (Å²) in [6, 6.07) is 11.7. The van der Waals surface area contributed by atoms with Gasteiger partial charge < -0.3 is 25.6 Å². The first-order valence-electron chi connectivity index (χ1n) is 9.00. The lowest BCUT2D eigenvalue weighted by molar-refractivity contribution is -0.113. The summed E-state index contributed by atoms with van der Waals surface area (Å²) in [5.41, 5.74) is 3.15. The van der Waals surface area contributed by atoms with Gasteiger partial charge in [-0.1, -0.05) is 23.7 Å². The van der Waals surface area contributed by atoms with Crippen molar-refractivity contribution in [3.8, 4) is 5.75 Å². The van der Waals surface area contributed by atoms with Crippen molar-refractivity contribution >= 4 is 34.9 Å². The number of ether oxygens (including phenoxy) is 1. The Balaban J connectivity index is 1.95. The number of allylic oxidation sites excluding steroid dienone is 1. The Kier molecular flexibility index (Phi) is 5.98. The summed E-state index contributed by atoms with van der Waals surface area (Å²) in [5, 5.41) is 8.81. The van der Waals surface area contributed by atoms with Crippen molar-refractivity contribution in [2.45, 2.75) is 13.0 Å². The molecular weight excluding hydrogens is 392 g/mol. The SMILES string of the molecule is COc1ccc(Cl)cc1NC(=O)C1=C(C)NC(=O)N[C@H]1c1ccc(N(C)C)cc1. The van der Waals surface area contributed by atoms with Crippen LogP contribution in [0.1, 0.15) is 18.5 Å². The van der Waals surface area contributed by atoms with Crippen LogP contribution in [0.3, 0.4) is 0 Å². The van der Waals surface area contributed by atoms with Crippen LogP contribution in [0.2, 0.25) is 5.02 Å². The van der Waals surface area contributed by atoms with Gasteiger partial charge in [-0.05, 0) is 42.8 Å². The van der Waals surface area contributed by atoms with E-state index in [4.69, 9.17) is 16.3 Å². The molecule has 3 N–H and O–H groups in total. The molecule has 2 aromatic carbocycles. The van der Waals surface area contributed by atoms with E-state index in [-0.39, 0.29) is 11.9 Å². The van der Waals surface area contributed by atoms with E-state index >= 15 is 0 Å². The summed E-state index contributed by atoms with van der Waals surface area (Å²) >= 11 is 6.06. The molecule has 3 amide bonds. The third kappa shape index (κ3) is 4.46. The zero-order chi connectivity index (χ0) is 21.1. The fourth-order valence-corrected chi connectivity index (χ4v) is 3.35. The highest BCUT2D eigenvalue weighted by molar-refractivity contribution is 6.31. The van der Waals surface area contributed by atoms with Gasteiger partial charge in [0.15, 0.2) is 0 Å². The smallest absolute Gasteiger partial charge is 0.319 e. The minimum atomic E-state index is -0.592. The molecule has 0 fully saturated rings. The van der Waals surface area contributed by atoms with Crippen LogP contribution < -0.4 is 25.6 Å². The Morgan fingerprint density at radius 2 is 1.86 bits per heavy atom. The van der Waals surface area contributed by atoms with E-state index in [1.807, 2.05) is 43.3 Å². The Bertz CT molecular complexity index is 970. The fourth-order valence-electron chi connectivity index (χ4n) is 3.18. The molecule has 7 nitrogen and oxygen atoms in total. The van der Waals surface area contributed by atoms with Crippen molar-refractivity contribution in [1.29, 1.82) is 0 Å². The lowest BCUT2D eigenvalue weighted by Gasteiger charge is -2.29. The summed E-state index contributed by atoms with van der Waals surface area (Å²) in [6.07, 6.45) is 0. The molecule has 1 heterocycles. The van der Waals surface area contributed by atoms with Crippen LogP contribution >= 0.6 is 11.6 Å². The Labute approximate surface area is 174 Å². The molecule has 0 bridgehead atoms. The van der Waals surface area contributed by atoms with E-state index in [0.29, 0.717) is 27.7 Å². The monoisotopic (exact) mass is 414 g/mol. The standard InChI is InChI=1S/C21H23ClN4O3/c1-12-18(20(27)24-16-11-14(22)7-10-17(16)29-4)19(25-21(28)23-12)13-5-8-15(9-6-13)26(2)3/h5-11,19H,1-4H3,(H,24,27)(H2,23,25,28)/t19-/m0/s1. The highest BCUT2D eigenvalue weighted by Gasteiger charge is 2.31. The summed E-state index contributed by atoms with van der Waals surface area (Å²) in [5.74, 6) is 0.123. The third-order valence-electron chi connectivity index (χ3n) is 4.67. The topological polar surface area (TPSA) is 82.7 Å². The van der Waals surface area contributed by atoms with Crippen molar-refractivity contribution in [3.63, 3.8) is 0 Å². The molecule has 29 heavy (non-hydrogen) atoms. The Morgan fingerprint density at radius 1 is 1.17 bits per heavy atom. The van der Waals surface area contributed by atoms with Gasteiger partial charge >= 0.3 is 6.03 Å². The first-order chi connectivity index (χ1) is 13.8. The number of halogens is 1. The van der Waals surface area contributed by atoms with Gasteiger partial charge in [-0.2, -0.15) is 0 Å². The predicted molar refractivity (Wildman–Crippen MR) is 115 cm³/mol. The number of urea groups is 1. The van der Waals surface area contributed by atoms with Crippen molar-refractivity contribution in [2.75, 3.05) is 31.4 Å². The van der Waals surface area contributed by atoms with E-state index in [1.165, 1.54) is 7.11 Å². The number of nitrogens with zero attached hydrogens (tertiary/aromatic N) is 1. The average Bonchev–Trinajstić information content (AvgIpc) is 2.67. The van der Waals surface area contributed by atoms with Gasteiger partial charge in [0.2, 0.25) is 0 Å². The third-order valence-corrected chi connectivity index (χ3v) is 4.90. The lowest BCUT2D eigenvalue weighted by atomic mass is 9.94. The lowest BCUT2D eigenvalue weighted by Crippen LogP contribution is -2.46. The number of carbonyl (C=O) groups is 2. The quantitative estimate of drug-likeness (QED) is 0.697. The van der Waals surface area contributed by atoms with Crippen LogP contribution in [0.25, 0.3) is 0 Å². The number of hydrogen-bond acceptors (Lipinski definition) is 4. The molecule has 1 atom stereocenters. The van der Waals surface area contributed by atoms with Crippen molar-refractivity contribution in [1.82, 2.24) is 10.6 Å². The predicted octanol–water partition coefficient (Wildman–Crippen LogP) is 3.68. The second-order valence-corrected chi connectivity index (χ2v) is 7.29. The summed E-state index contributed by atoms with van der Waals surface area (Å²) in [6.45, 7) is 1.70. The highest BCUT2D eigenvalue weighted by atomic mass is 35.5. The first kappa shape index (κ1) is 20.5. The van der Waals surface area contributed by atoms with E-state index < -0.39 is 6.04 Å². The van der Waals surface area contributed by atoms with Gasteiger partial charge in [-0.25, -0.2) is 4.79 Å². The number of amides is 3. The van der Waals surface area contributed by atoms with Gasteiger partial charge in [0, 0.05) is 30.5 Å². The van der Waals surface area contributed by atoms with E-state index in [2.05, 4.69) is 16.0 Å². The zero-order valence-electron chi connectivity index (χ0n) is 16.7. The fraction of sp³-hybridized carbons (Fsp3) is 0.238. The molecule has 2 aromatic rings. The highest BCUT2D eigenvalue weighted by Crippen LogP contribution is 2.32. The second kappa shape index (κ2) is 8.45. The normalized spacial score (nSPS) is 16.0. The van der Waals surface area contributed by atoms with Crippen molar-refractivity contribution in [3.05, 3.63) is 64.3 Å². The van der Waals surface area contributed by atoms with Gasteiger partial charge in [-0.3, -0.25) is 4.79 Å². The number of benzene rings is 2. The Hall–Kier alpha value is -3.19. The maximum Gasteiger partial charge on any atom is 0.319 e. The summed E-state index contributed by atoms with van der Waals surface area (Å²) in [4.78, 5) is 27.2. The molecule has 0 aliphatic carbocycles. The molecule has 3 rings (SSSR count). The molecule has 0 saturated carbocycles. The zero-order valence-corrected chi connectivity index (χ0v) is 17.4. The van der Waals surface area contributed by atoms with E-state index in [0.717, 1.165) is 11.3 Å². The van der Waals surface area contributed by atoms with Crippen LogP contribution in [0.5, 0.6) is 5.75 Å². The van der Waals surface area contributed by atoms with Gasteiger partial charge in [0.25, 0.3) is 5.91 Å². The van der Waals surface area contributed by atoms with E-state index in [9.17, 15) is 9.59 Å². The summed E-state index contributed by atoms with van der Waals surface area (Å²) < 4.78 is 5.30. The van der Waals surface area contributed by atoms with Gasteiger partial charge in [-0.15, -0.1) is 0 Å². The van der Waals surface area contributed by atoms with Crippen LogP contribution in [-0.2, 0) is 4.79 Å². The molecule has 152 valence electrons. The maximum atomic E-state index is 13.2. The van der Waals surface area contributed by atoms with Crippen LogP contribution in [-0.4, -0.2) is 33.1 Å². The summed E-state index contributed by atoms with van der Waals surface area (Å²) in [7, 11) is 5.41. The minimum absolute atomic E-state index is 0.360. The van der Waals surface area contributed by atoms with Crippen LogP contribution in [0, 0.1) is 0 Å². The molecular formula is C21H23ClN4O3. The molecule has 8 heteroatoms. The average molecular weight is 415 g/mol. The van der Waals surface area contributed by atoms with Crippen molar-refractivity contribution in [2.24, 2.45) is 0 Å². The molecule has 1 aliphatic rings. The minimum Gasteiger partial charge on any atom is -0.495 e. The van der Waals surface area contributed by atoms with Crippen LogP contribution in [0.4, 0.5) is 16.2 Å². The van der Waals surface area contributed by atoms with E-state index in [1.54, 1.807) is 25.1 Å². The van der Waals surface area contributed by atoms with Gasteiger partial charge in [0.1, 0.15) is 5.75 Å². The molecule has 0 unspecified atom stereocenters. The molecule has 1 aliphatic heterocycles. The van der Waals surface area contributed by atoms with Crippen molar-refractivity contribution < 1.29 is 14.3 Å². The number of hydrogen-bond donors (Lipinski definition) is 3. The largest absolute Gasteiger partial charge is 0.495 e. The second-order valence-electron chi connectivity index (χ2n) is 6.85. The number of rotatable bonds is 5. The molecule has 0 radical (unpaired) electrons. The number of carbonyl (C=O) groups excluding carboxylic acids is 2. The molecule has 0 aromatic heterocycles. The molecule has 0 saturated heterocycles. The first-order valence-corrected chi connectivity index (χ1v) is 9.38. The number of nitrogens with one attached hydrogen (secondary N) is 3. The number of methoxy groups -OCH3 is 1. The van der Waals surface area contributed by atoms with Crippen LogP contribution in [0.15, 0.2) is 53.7 Å². The molecule has 0 spiro atoms. The maximum absolute atomic E-state index is 13.2. The number of anilines is 2. The Morgan fingerprint density at radius 3 is 2.48 bits per heavy atom. The van der Waals surface area contributed by atoms with Gasteiger partial charge in [0.05, 0.1) is 24.4 Å².